The van der Waals surface area contributed by atoms with Crippen LogP contribution in [-0.2, 0) is 10.4 Å². The maximum Gasteiger partial charge on any atom is 1.00 e. The Balaban J connectivity index is 0.00000156. The number of benzene rings is 2. The zero-order valence-corrected chi connectivity index (χ0v) is 18.2. The molecule has 118 valence electrons. The van der Waals surface area contributed by atoms with Crippen molar-refractivity contribution in [2.24, 2.45) is 0 Å². The molecule has 0 fully saturated rings. The first-order chi connectivity index (χ1) is 10.8. The second kappa shape index (κ2) is 8.70. The van der Waals surface area contributed by atoms with E-state index in [2.05, 4.69) is 4.18 Å². The van der Waals surface area contributed by atoms with E-state index in [1.54, 1.807) is 0 Å². The smallest absolute Gasteiger partial charge is 0.872 e. The van der Waals surface area contributed by atoms with Crippen molar-refractivity contribution in [1.82, 2.24) is 0 Å². The normalized spacial score (nSPS) is 10.6. The fourth-order valence-corrected chi connectivity index (χ4v) is 2.46. The molecule has 0 unspecified atom stereocenters. The van der Waals surface area contributed by atoms with E-state index in [9.17, 15) is 22.9 Å². The summed E-state index contributed by atoms with van der Waals surface area (Å²) >= 11 is 0. The maximum atomic E-state index is 12.4. The van der Waals surface area contributed by atoms with Crippen LogP contribution in [0.4, 0.5) is 0 Å². The van der Waals surface area contributed by atoms with Gasteiger partial charge < -0.3 is 18.3 Å². The van der Waals surface area contributed by atoms with Gasteiger partial charge in [0.25, 0.3) is 10.4 Å². The number of fused-ring (bicyclic) bond motifs is 1. The molecule has 0 radical (unpaired) electrons. The minimum Gasteiger partial charge on any atom is -0.872 e. The van der Waals surface area contributed by atoms with Crippen molar-refractivity contribution in [1.29, 1.82) is 0 Å². The van der Waals surface area contributed by atoms with E-state index >= 15 is 0 Å². The first-order valence-electron chi connectivity index (χ1n) is 6.32. The third-order valence-electron chi connectivity index (χ3n) is 3.11. The van der Waals surface area contributed by atoms with Crippen molar-refractivity contribution in [3.05, 3.63) is 59.0 Å². The molecule has 1 heterocycles. The second-order valence-electron chi connectivity index (χ2n) is 4.65. The summed E-state index contributed by atoms with van der Waals surface area (Å²) in [6, 6.07) is 9.19. The zero-order valence-electron chi connectivity index (χ0n) is 13.4. The number of rotatable bonds is 3. The van der Waals surface area contributed by atoms with Crippen LogP contribution in [0.3, 0.4) is 0 Å². The summed E-state index contributed by atoms with van der Waals surface area (Å²) in [6.07, 6.45) is 1.21. The van der Waals surface area contributed by atoms with Crippen molar-refractivity contribution < 1.29 is 85.8 Å². The molecule has 1 aromatic heterocycles. The molecule has 0 aliphatic heterocycles. The van der Waals surface area contributed by atoms with Gasteiger partial charge in [-0.1, -0.05) is 18.2 Å². The average molecular weight is 378 g/mol. The summed E-state index contributed by atoms with van der Waals surface area (Å²) in [5.74, 6) is -0.432. The zero-order chi connectivity index (χ0) is 16.6. The molecular weight excluding hydrogens is 370 g/mol. The Hall–Kier alpha value is -0.840. The van der Waals surface area contributed by atoms with Crippen LogP contribution in [0.5, 0.6) is 11.5 Å². The molecule has 25 heavy (non-hydrogen) atoms. The van der Waals surface area contributed by atoms with Gasteiger partial charge in [0.1, 0.15) is 17.6 Å². The van der Waals surface area contributed by atoms with Crippen molar-refractivity contribution in [2.75, 3.05) is 0 Å². The molecule has 0 atom stereocenters. The van der Waals surface area contributed by atoms with Gasteiger partial charge in [0.15, 0.2) is 5.43 Å². The van der Waals surface area contributed by atoms with E-state index in [-0.39, 0.29) is 92.6 Å². The van der Waals surface area contributed by atoms with Gasteiger partial charge in [-0.15, -0.1) is 5.75 Å². The Morgan fingerprint density at radius 1 is 1.00 bits per heavy atom. The van der Waals surface area contributed by atoms with Crippen molar-refractivity contribution in [2.45, 2.75) is 0 Å². The monoisotopic (exact) mass is 378 g/mol. The third-order valence-corrected chi connectivity index (χ3v) is 3.51. The molecular formula is C15H8Na2O7S. The van der Waals surface area contributed by atoms with Gasteiger partial charge in [-0.25, -0.2) is 8.42 Å². The van der Waals surface area contributed by atoms with Crippen LogP contribution in [0.15, 0.2) is 57.9 Å². The van der Waals surface area contributed by atoms with Crippen molar-refractivity contribution >= 4 is 21.4 Å². The van der Waals surface area contributed by atoms with Gasteiger partial charge in [0.05, 0.1) is 10.9 Å². The molecule has 3 aromatic rings. The Kier molecular flexibility index (Phi) is 7.72. The van der Waals surface area contributed by atoms with Crippen LogP contribution in [0.1, 0.15) is 0 Å². The Morgan fingerprint density at radius 2 is 1.64 bits per heavy atom. The van der Waals surface area contributed by atoms with E-state index in [1.807, 2.05) is 0 Å². The molecule has 2 aromatic carbocycles. The largest absolute Gasteiger partial charge is 1.00 e. The predicted octanol–water partition coefficient (Wildman–Crippen LogP) is -4.62. The van der Waals surface area contributed by atoms with Crippen LogP contribution in [0.2, 0.25) is 0 Å². The predicted molar refractivity (Wildman–Crippen MR) is 77.7 cm³/mol. The Bertz CT molecular complexity index is 1040. The number of hydrogen-bond donors (Lipinski definition) is 0. The van der Waals surface area contributed by atoms with Gasteiger partial charge in [-0.3, -0.25) is 4.79 Å². The summed E-state index contributed by atoms with van der Waals surface area (Å²) < 4.78 is 41.0. The second-order valence-corrected chi connectivity index (χ2v) is 5.64. The first kappa shape index (κ1) is 22.2. The van der Waals surface area contributed by atoms with Crippen LogP contribution < -0.4 is 73.8 Å². The van der Waals surface area contributed by atoms with Crippen LogP contribution in [-0.4, -0.2) is 13.0 Å². The summed E-state index contributed by atoms with van der Waals surface area (Å²) in [5, 5.41) is 11.5. The molecule has 3 rings (SSSR count). The maximum absolute atomic E-state index is 12.4. The van der Waals surface area contributed by atoms with Gasteiger partial charge in [0.2, 0.25) is 0 Å². The van der Waals surface area contributed by atoms with Crippen molar-refractivity contribution in [3.63, 3.8) is 0 Å². The first-order valence-corrected chi connectivity index (χ1v) is 7.65. The van der Waals surface area contributed by atoms with E-state index in [1.165, 1.54) is 48.7 Å². The summed E-state index contributed by atoms with van der Waals surface area (Å²) in [7, 11) is -4.86. The van der Waals surface area contributed by atoms with Crippen molar-refractivity contribution in [3.8, 4) is 22.6 Å². The molecule has 0 N–H and O–H groups in total. The van der Waals surface area contributed by atoms with Gasteiger partial charge in [-0.2, -0.15) is 0 Å². The molecule has 0 saturated carbocycles. The fraction of sp³-hybridized carbons (Fsp3) is 0. The van der Waals surface area contributed by atoms with E-state index < -0.39 is 10.4 Å². The average Bonchev–Trinajstić information content (AvgIpc) is 2.47. The molecule has 0 spiro atoms. The van der Waals surface area contributed by atoms with E-state index in [4.69, 9.17) is 4.42 Å². The van der Waals surface area contributed by atoms with Crippen LogP contribution in [0, 0.1) is 0 Å². The SMILES string of the molecule is O=c1c(-c2ccc(OS(=O)(=O)[O-])cc2)coc2cc([O-])ccc12.[Na+].[Na+]. The quantitative estimate of drug-likeness (QED) is 0.255. The summed E-state index contributed by atoms with van der Waals surface area (Å²) in [6.45, 7) is 0. The Labute approximate surface area is 187 Å². The molecule has 0 aliphatic carbocycles. The van der Waals surface area contributed by atoms with Crippen LogP contribution in [0.25, 0.3) is 22.1 Å². The molecule has 7 nitrogen and oxygen atoms in total. The molecule has 0 aliphatic rings. The van der Waals surface area contributed by atoms with Gasteiger partial charge in [0, 0.05) is 0 Å². The fourth-order valence-electron chi connectivity index (χ4n) is 2.12. The summed E-state index contributed by atoms with van der Waals surface area (Å²) in [5.41, 5.74) is 0.523. The standard InChI is InChI=1S/C15H10O7S.2Na/c16-10-3-6-12-14(7-10)21-8-13(15(12)17)9-1-4-11(5-2-9)22-23(18,19)20;;/h1-8,16H,(H,18,19,20);;/q;2*+1/p-2. The topological polar surface area (TPSA) is 120 Å². The molecule has 0 saturated heterocycles. The molecule has 10 heteroatoms. The van der Waals surface area contributed by atoms with Gasteiger partial charge >= 0.3 is 59.1 Å². The summed E-state index contributed by atoms with van der Waals surface area (Å²) in [4.78, 5) is 12.4. The van der Waals surface area contributed by atoms with Crippen LogP contribution >= 0.6 is 0 Å². The minimum absolute atomic E-state index is 0. The van der Waals surface area contributed by atoms with E-state index in [0.29, 0.717) is 5.56 Å². The van der Waals surface area contributed by atoms with Gasteiger partial charge in [-0.05, 0) is 29.8 Å². The van der Waals surface area contributed by atoms with E-state index in [0.717, 1.165) is 0 Å². The molecule has 0 bridgehead atoms. The minimum atomic E-state index is -4.86. The number of hydrogen-bond acceptors (Lipinski definition) is 7. The Morgan fingerprint density at radius 3 is 2.24 bits per heavy atom. The third kappa shape index (κ3) is 5.32. The molecule has 0 amide bonds.